The smallest absolute Gasteiger partial charge is 0.251 e. The first-order valence-corrected chi connectivity index (χ1v) is 7.96. The molecule has 4 heteroatoms. The fraction of sp³-hybridized carbons (Fsp3) is 0.353. The predicted molar refractivity (Wildman–Crippen MR) is 89.0 cm³/mol. The van der Waals surface area contributed by atoms with Gasteiger partial charge >= 0.3 is 0 Å². The molecular weight excluding hydrogens is 280 g/mol. The third-order valence-electron chi connectivity index (χ3n) is 3.49. The van der Waals surface area contributed by atoms with Gasteiger partial charge in [-0.25, -0.2) is 0 Å². The number of nitrogens with one attached hydrogen (secondary N) is 1. The number of carbonyl (C=O) groups is 1. The molecule has 1 amide bonds. The van der Waals surface area contributed by atoms with Crippen LogP contribution in [0.3, 0.4) is 0 Å². The van der Waals surface area contributed by atoms with Crippen molar-refractivity contribution in [2.75, 3.05) is 20.6 Å². The number of carbonyl (C=O) groups excluding carboxylic acids is 1. The Hall–Kier alpha value is -1.65. The highest BCUT2D eigenvalue weighted by molar-refractivity contribution is 7.07. The van der Waals surface area contributed by atoms with Crippen molar-refractivity contribution in [3.05, 3.63) is 57.3 Å². The number of amides is 1. The molecule has 2 rings (SSSR count). The van der Waals surface area contributed by atoms with E-state index >= 15 is 0 Å². The predicted octanol–water partition coefficient (Wildman–Crippen LogP) is 3.40. The highest BCUT2D eigenvalue weighted by Gasteiger charge is 2.16. The third kappa shape index (κ3) is 4.16. The van der Waals surface area contributed by atoms with Crippen molar-refractivity contribution in [1.29, 1.82) is 0 Å². The van der Waals surface area contributed by atoms with E-state index < -0.39 is 0 Å². The summed E-state index contributed by atoms with van der Waals surface area (Å²) in [6.45, 7) is 4.63. The van der Waals surface area contributed by atoms with E-state index in [9.17, 15) is 4.79 Å². The van der Waals surface area contributed by atoms with E-state index in [2.05, 4.69) is 33.1 Å². The van der Waals surface area contributed by atoms with E-state index in [0.717, 1.165) is 16.7 Å². The van der Waals surface area contributed by atoms with Gasteiger partial charge in [-0.1, -0.05) is 17.2 Å². The van der Waals surface area contributed by atoms with Gasteiger partial charge in [-0.2, -0.15) is 11.3 Å². The van der Waals surface area contributed by atoms with E-state index in [-0.39, 0.29) is 11.9 Å². The van der Waals surface area contributed by atoms with Crippen molar-refractivity contribution < 1.29 is 4.79 Å². The third-order valence-corrected chi connectivity index (χ3v) is 4.19. The van der Waals surface area contributed by atoms with Crippen LogP contribution >= 0.6 is 11.3 Å². The topological polar surface area (TPSA) is 32.3 Å². The number of likely N-dealkylation sites (N-methyl/N-ethyl adjacent to an activating group) is 1. The maximum atomic E-state index is 12.3. The molecule has 0 saturated carbocycles. The van der Waals surface area contributed by atoms with Gasteiger partial charge in [0.1, 0.15) is 0 Å². The summed E-state index contributed by atoms with van der Waals surface area (Å²) in [5.41, 5.74) is 4.20. The molecule has 0 radical (unpaired) electrons. The fourth-order valence-electron chi connectivity index (χ4n) is 2.46. The van der Waals surface area contributed by atoms with Gasteiger partial charge in [0.25, 0.3) is 5.91 Å². The number of thiophene rings is 1. The van der Waals surface area contributed by atoms with E-state index in [1.165, 1.54) is 5.56 Å². The summed E-state index contributed by atoms with van der Waals surface area (Å²) >= 11 is 1.68. The van der Waals surface area contributed by atoms with Gasteiger partial charge in [-0.3, -0.25) is 4.79 Å². The van der Waals surface area contributed by atoms with Crippen LogP contribution in [-0.2, 0) is 0 Å². The SMILES string of the molecule is Cc1cc(C)cc(C(=O)NC[C@@H](c2ccsc2)N(C)C)c1. The van der Waals surface area contributed by atoms with Gasteiger partial charge in [0.2, 0.25) is 0 Å². The number of benzene rings is 1. The molecule has 1 atom stereocenters. The summed E-state index contributed by atoms with van der Waals surface area (Å²) < 4.78 is 0. The van der Waals surface area contributed by atoms with E-state index in [4.69, 9.17) is 0 Å². The quantitative estimate of drug-likeness (QED) is 0.918. The minimum Gasteiger partial charge on any atom is -0.350 e. The minimum absolute atomic E-state index is 0.0103. The van der Waals surface area contributed by atoms with Gasteiger partial charge < -0.3 is 10.2 Å². The molecule has 0 spiro atoms. The standard InChI is InChI=1S/C17H22N2OS/c1-12-7-13(2)9-15(8-12)17(20)18-10-16(19(3)4)14-5-6-21-11-14/h5-9,11,16H,10H2,1-4H3,(H,18,20)/t16-/m0/s1. The van der Waals surface area contributed by atoms with Crippen LogP contribution in [-0.4, -0.2) is 31.4 Å². The number of hydrogen-bond donors (Lipinski definition) is 1. The molecule has 1 aromatic heterocycles. The zero-order chi connectivity index (χ0) is 15.4. The lowest BCUT2D eigenvalue weighted by Gasteiger charge is -2.24. The van der Waals surface area contributed by atoms with E-state index in [1.54, 1.807) is 11.3 Å². The Labute approximate surface area is 130 Å². The summed E-state index contributed by atoms with van der Waals surface area (Å²) in [5.74, 6) is -0.0103. The first kappa shape index (κ1) is 15.7. The van der Waals surface area contributed by atoms with Gasteiger partial charge in [0.05, 0.1) is 6.04 Å². The number of aryl methyl sites for hydroxylation is 2. The zero-order valence-corrected chi connectivity index (χ0v) is 13.8. The summed E-state index contributed by atoms with van der Waals surface area (Å²) in [4.78, 5) is 14.4. The van der Waals surface area contributed by atoms with Crippen LogP contribution in [0.15, 0.2) is 35.0 Å². The van der Waals surface area contributed by atoms with Crippen molar-refractivity contribution >= 4 is 17.2 Å². The number of rotatable bonds is 5. The van der Waals surface area contributed by atoms with Crippen molar-refractivity contribution in [3.8, 4) is 0 Å². The van der Waals surface area contributed by atoms with Crippen molar-refractivity contribution in [2.24, 2.45) is 0 Å². The monoisotopic (exact) mass is 302 g/mol. The van der Waals surface area contributed by atoms with Crippen LogP contribution in [0.1, 0.15) is 33.1 Å². The molecule has 0 unspecified atom stereocenters. The van der Waals surface area contributed by atoms with Crippen LogP contribution in [0.25, 0.3) is 0 Å². The first-order chi connectivity index (χ1) is 9.97. The summed E-state index contributed by atoms with van der Waals surface area (Å²) in [6.07, 6.45) is 0. The molecule has 3 nitrogen and oxygen atoms in total. The van der Waals surface area contributed by atoms with Gasteiger partial charge in [0.15, 0.2) is 0 Å². The molecule has 0 aliphatic heterocycles. The second-order valence-electron chi connectivity index (χ2n) is 5.62. The van der Waals surface area contributed by atoms with Crippen LogP contribution in [0, 0.1) is 13.8 Å². The van der Waals surface area contributed by atoms with Gasteiger partial charge in [-0.05, 0) is 62.5 Å². The summed E-state index contributed by atoms with van der Waals surface area (Å²) in [6, 6.07) is 8.24. The Morgan fingerprint density at radius 2 is 1.90 bits per heavy atom. The second-order valence-corrected chi connectivity index (χ2v) is 6.40. The maximum Gasteiger partial charge on any atom is 0.251 e. The largest absolute Gasteiger partial charge is 0.350 e. The minimum atomic E-state index is -0.0103. The molecule has 112 valence electrons. The lowest BCUT2D eigenvalue weighted by Crippen LogP contribution is -2.34. The molecule has 2 aromatic rings. The fourth-order valence-corrected chi connectivity index (χ4v) is 3.17. The van der Waals surface area contributed by atoms with Crippen LogP contribution in [0.4, 0.5) is 0 Å². The normalized spacial score (nSPS) is 12.4. The molecule has 21 heavy (non-hydrogen) atoms. The lowest BCUT2D eigenvalue weighted by atomic mass is 10.1. The lowest BCUT2D eigenvalue weighted by molar-refractivity contribution is 0.0942. The molecule has 0 saturated heterocycles. The summed E-state index contributed by atoms with van der Waals surface area (Å²) in [5, 5.41) is 7.25. The molecular formula is C17H22N2OS. The Morgan fingerprint density at radius 3 is 2.43 bits per heavy atom. The second kappa shape index (κ2) is 6.87. The summed E-state index contributed by atoms with van der Waals surface area (Å²) in [7, 11) is 4.07. The Bertz CT molecular complexity index is 585. The van der Waals surface area contributed by atoms with Crippen molar-refractivity contribution in [1.82, 2.24) is 10.2 Å². The van der Waals surface area contributed by atoms with Gasteiger partial charge in [0, 0.05) is 12.1 Å². The Morgan fingerprint density at radius 1 is 1.24 bits per heavy atom. The highest BCUT2D eigenvalue weighted by atomic mass is 32.1. The van der Waals surface area contributed by atoms with Gasteiger partial charge in [-0.15, -0.1) is 0 Å². The maximum absolute atomic E-state index is 12.3. The molecule has 0 aliphatic carbocycles. The first-order valence-electron chi connectivity index (χ1n) is 7.02. The van der Waals surface area contributed by atoms with E-state index in [1.807, 2.05) is 40.1 Å². The molecule has 0 aliphatic rings. The highest BCUT2D eigenvalue weighted by Crippen LogP contribution is 2.20. The van der Waals surface area contributed by atoms with Crippen LogP contribution in [0.5, 0.6) is 0 Å². The Balaban J connectivity index is 2.05. The average Bonchev–Trinajstić information content (AvgIpc) is 2.91. The number of hydrogen-bond acceptors (Lipinski definition) is 3. The molecule has 1 N–H and O–H groups in total. The average molecular weight is 302 g/mol. The van der Waals surface area contributed by atoms with Crippen LogP contribution in [0.2, 0.25) is 0 Å². The molecule has 1 heterocycles. The molecule has 1 aromatic carbocycles. The molecule has 0 bridgehead atoms. The number of nitrogens with zero attached hydrogens (tertiary/aromatic N) is 1. The van der Waals surface area contributed by atoms with Crippen molar-refractivity contribution in [3.63, 3.8) is 0 Å². The van der Waals surface area contributed by atoms with Crippen LogP contribution < -0.4 is 5.32 Å². The zero-order valence-electron chi connectivity index (χ0n) is 13.0. The molecule has 0 fully saturated rings. The Kier molecular flexibility index (Phi) is 5.15. The van der Waals surface area contributed by atoms with Crippen molar-refractivity contribution in [2.45, 2.75) is 19.9 Å². The van der Waals surface area contributed by atoms with E-state index in [0.29, 0.717) is 6.54 Å².